The zero-order valence-corrected chi connectivity index (χ0v) is 11.5. The summed E-state index contributed by atoms with van der Waals surface area (Å²) in [5.74, 6) is 0. The van der Waals surface area contributed by atoms with E-state index in [0.29, 0.717) is 11.6 Å². The minimum absolute atomic E-state index is 0.209. The number of ether oxygens (including phenoxy) is 1. The van der Waals surface area contributed by atoms with Gasteiger partial charge in [0, 0.05) is 0 Å². The van der Waals surface area contributed by atoms with Crippen molar-refractivity contribution in [3.05, 3.63) is 52.8 Å². The standard InChI is InChI=1S/C13H10F3N3OS/c14-13(15,16)10-6-19-12(17-10)21-11(18-19)8-20-7-9-4-2-1-3-5-9/h1-6H,7-8H2. The molecule has 110 valence electrons. The SMILES string of the molecule is FC(F)(F)c1cn2nc(COCc3ccccc3)sc2n1. The van der Waals surface area contributed by atoms with Crippen molar-refractivity contribution in [3.8, 4) is 0 Å². The summed E-state index contributed by atoms with van der Waals surface area (Å²) in [4.78, 5) is 3.72. The first kappa shape index (κ1) is 14.0. The molecule has 0 saturated carbocycles. The quantitative estimate of drug-likeness (QED) is 0.740. The third kappa shape index (κ3) is 3.22. The van der Waals surface area contributed by atoms with Gasteiger partial charge in [-0.15, -0.1) is 0 Å². The molecule has 1 aromatic carbocycles. The first-order valence-corrected chi connectivity index (χ1v) is 6.88. The molecule has 21 heavy (non-hydrogen) atoms. The highest BCUT2D eigenvalue weighted by Crippen LogP contribution is 2.29. The van der Waals surface area contributed by atoms with Crippen molar-refractivity contribution in [2.24, 2.45) is 0 Å². The molecule has 0 amide bonds. The van der Waals surface area contributed by atoms with Crippen LogP contribution < -0.4 is 0 Å². The van der Waals surface area contributed by atoms with E-state index in [0.717, 1.165) is 27.6 Å². The predicted octanol–water partition coefficient (Wildman–Crippen LogP) is 3.53. The fourth-order valence-electron chi connectivity index (χ4n) is 1.77. The molecule has 2 heterocycles. The van der Waals surface area contributed by atoms with Gasteiger partial charge < -0.3 is 4.74 Å². The van der Waals surface area contributed by atoms with Crippen molar-refractivity contribution in [2.75, 3.05) is 0 Å². The number of hydrogen-bond acceptors (Lipinski definition) is 4. The maximum atomic E-state index is 12.5. The lowest BCUT2D eigenvalue weighted by molar-refractivity contribution is -0.140. The van der Waals surface area contributed by atoms with Crippen molar-refractivity contribution in [1.82, 2.24) is 14.6 Å². The summed E-state index contributed by atoms with van der Waals surface area (Å²) in [5.41, 5.74) is 0.0937. The molecule has 2 aromatic heterocycles. The van der Waals surface area contributed by atoms with E-state index < -0.39 is 11.9 Å². The Kier molecular flexibility index (Phi) is 3.64. The number of rotatable bonds is 4. The summed E-state index contributed by atoms with van der Waals surface area (Å²) >= 11 is 1.09. The van der Waals surface area contributed by atoms with E-state index in [4.69, 9.17) is 4.74 Å². The molecule has 0 aliphatic carbocycles. The van der Waals surface area contributed by atoms with Crippen LogP contribution in [0.3, 0.4) is 0 Å². The Bertz CT molecular complexity index is 705. The molecule has 4 nitrogen and oxygen atoms in total. The Morgan fingerprint density at radius 2 is 1.90 bits per heavy atom. The number of alkyl halides is 3. The molecule has 0 spiro atoms. The normalized spacial score (nSPS) is 12.1. The lowest BCUT2D eigenvalue weighted by atomic mass is 10.2. The molecule has 8 heteroatoms. The van der Waals surface area contributed by atoms with Gasteiger partial charge in [0.1, 0.15) is 11.6 Å². The molecule has 3 aromatic rings. The molecule has 0 aliphatic rings. The van der Waals surface area contributed by atoms with Gasteiger partial charge in [0.05, 0.1) is 12.8 Å². The second-order valence-corrected chi connectivity index (χ2v) is 5.37. The minimum Gasteiger partial charge on any atom is -0.370 e. The van der Waals surface area contributed by atoms with Crippen LogP contribution in [-0.2, 0) is 24.1 Å². The molecule has 0 aliphatic heterocycles. The lowest BCUT2D eigenvalue weighted by Gasteiger charge is -2.01. The lowest BCUT2D eigenvalue weighted by Crippen LogP contribution is -2.05. The minimum atomic E-state index is -4.45. The van der Waals surface area contributed by atoms with Crippen LogP contribution in [0.15, 0.2) is 36.5 Å². The van der Waals surface area contributed by atoms with E-state index >= 15 is 0 Å². The van der Waals surface area contributed by atoms with Gasteiger partial charge in [-0.2, -0.15) is 18.3 Å². The number of benzene rings is 1. The fourth-order valence-corrected chi connectivity index (χ4v) is 2.58. The van der Waals surface area contributed by atoms with Gasteiger partial charge in [0.25, 0.3) is 0 Å². The van der Waals surface area contributed by atoms with Gasteiger partial charge in [0.2, 0.25) is 4.96 Å². The van der Waals surface area contributed by atoms with E-state index in [9.17, 15) is 13.2 Å². The predicted molar refractivity (Wildman–Crippen MR) is 70.8 cm³/mol. The Balaban J connectivity index is 1.64. The monoisotopic (exact) mass is 313 g/mol. The Morgan fingerprint density at radius 3 is 2.57 bits per heavy atom. The van der Waals surface area contributed by atoms with Crippen LogP contribution in [0.2, 0.25) is 0 Å². The first-order chi connectivity index (χ1) is 10.0. The Hall–Kier alpha value is -1.93. The van der Waals surface area contributed by atoms with Crippen molar-refractivity contribution < 1.29 is 17.9 Å². The number of halogens is 3. The third-order valence-electron chi connectivity index (χ3n) is 2.71. The number of fused-ring (bicyclic) bond motifs is 1. The summed E-state index contributed by atoms with van der Waals surface area (Å²) < 4.78 is 44.0. The summed E-state index contributed by atoms with van der Waals surface area (Å²) in [6.07, 6.45) is -3.57. The van der Waals surface area contributed by atoms with E-state index in [-0.39, 0.29) is 11.6 Å². The zero-order valence-electron chi connectivity index (χ0n) is 10.7. The summed E-state index contributed by atoms with van der Waals surface area (Å²) in [6, 6.07) is 9.61. The van der Waals surface area contributed by atoms with Crippen molar-refractivity contribution in [2.45, 2.75) is 19.4 Å². The van der Waals surface area contributed by atoms with Crippen LogP contribution in [0.5, 0.6) is 0 Å². The number of imidazole rings is 1. The molecule has 0 fully saturated rings. The molecule has 0 atom stereocenters. The smallest absolute Gasteiger partial charge is 0.370 e. The molecular weight excluding hydrogens is 303 g/mol. The van der Waals surface area contributed by atoms with Gasteiger partial charge in [-0.05, 0) is 5.56 Å². The second kappa shape index (κ2) is 5.45. The average Bonchev–Trinajstić information content (AvgIpc) is 2.97. The summed E-state index contributed by atoms with van der Waals surface area (Å²) in [5, 5.41) is 4.61. The molecule has 0 saturated heterocycles. The maximum Gasteiger partial charge on any atom is 0.435 e. The van der Waals surface area contributed by atoms with Gasteiger partial charge in [-0.1, -0.05) is 41.7 Å². The molecule has 0 bridgehead atoms. The highest BCUT2D eigenvalue weighted by Gasteiger charge is 2.34. The molecule has 0 N–H and O–H groups in total. The largest absolute Gasteiger partial charge is 0.435 e. The maximum absolute atomic E-state index is 12.5. The van der Waals surface area contributed by atoms with Crippen LogP contribution in [0.25, 0.3) is 4.96 Å². The fraction of sp³-hybridized carbons (Fsp3) is 0.231. The van der Waals surface area contributed by atoms with Gasteiger partial charge >= 0.3 is 6.18 Å². The van der Waals surface area contributed by atoms with Crippen LogP contribution in [0.1, 0.15) is 16.3 Å². The molecular formula is C13H10F3N3OS. The zero-order chi connectivity index (χ0) is 14.9. The van der Waals surface area contributed by atoms with Crippen molar-refractivity contribution in [3.63, 3.8) is 0 Å². The Morgan fingerprint density at radius 1 is 1.14 bits per heavy atom. The summed E-state index contributed by atoms with van der Waals surface area (Å²) in [6.45, 7) is 0.667. The van der Waals surface area contributed by atoms with Crippen LogP contribution >= 0.6 is 11.3 Å². The van der Waals surface area contributed by atoms with Gasteiger partial charge in [-0.3, -0.25) is 0 Å². The third-order valence-corrected chi connectivity index (χ3v) is 3.61. The van der Waals surface area contributed by atoms with E-state index in [1.54, 1.807) is 0 Å². The number of nitrogens with zero attached hydrogens (tertiary/aromatic N) is 3. The molecule has 0 unspecified atom stereocenters. The van der Waals surface area contributed by atoms with Crippen LogP contribution in [0.4, 0.5) is 13.2 Å². The van der Waals surface area contributed by atoms with Crippen molar-refractivity contribution in [1.29, 1.82) is 0 Å². The van der Waals surface area contributed by atoms with Crippen molar-refractivity contribution >= 4 is 16.3 Å². The highest BCUT2D eigenvalue weighted by molar-refractivity contribution is 7.16. The van der Waals surface area contributed by atoms with E-state index in [2.05, 4.69) is 10.1 Å². The van der Waals surface area contributed by atoms with Gasteiger partial charge in [-0.25, -0.2) is 9.50 Å². The average molecular weight is 313 g/mol. The second-order valence-electron chi connectivity index (χ2n) is 4.33. The van der Waals surface area contributed by atoms with Crippen LogP contribution in [0, 0.1) is 0 Å². The topological polar surface area (TPSA) is 39.4 Å². The van der Waals surface area contributed by atoms with Crippen LogP contribution in [-0.4, -0.2) is 14.6 Å². The van der Waals surface area contributed by atoms with E-state index in [1.165, 1.54) is 0 Å². The highest BCUT2D eigenvalue weighted by atomic mass is 32.1. The number of aromatic nitrogens is 3. The summed E-state index contributed by atoms with van der Waals surface area (Å²) in [7, 11) is 0. The molecule has 0 radical (unpaired) electrons. The first-order valence-electron chi connectivity index (χ1n) is 6.06. The van der Waals surface area contributed by atoms with Gasteiger partial charge in [0.15, 0.2) is 5.69 Å². The molecule has 3 rings (SSSR count). The Labute approximate surface area is 121 Å². The van der Waals surface area contributed by atoms with E-state index in [1.807, 2.05) is 30.3 Å². The number of hydrogen-bond donors (Lipinski definition) is 0.